The van der Waals surface area contributed by atoms with Crippen LogP contribution in [0.25, 0.3) is 11.1 Å². The van der Waals surface area contributed by atoms with Crippen LogP contribution in [0.4, 0.5) is 79.0 Å². The number of halogens is 18. The second kappa shape index (κ2) is 17.9. The van der Waals surface area contributed by atoms with E-state index >= 15 is 30.7 Å². The van der Waals surface area contributed by atoms with Gasteiger partial charge in [-0.25, -0.2) is 14.9 Å². The van der Waals surface area contributed by atoms with E-state index in [9.17, 15) is 61.3 Å². The average Bonchev–Trinajstić information content (AvgIpc) is 3.26. The molecule has 0 amide bonds. The van der Waals surface area contributed by atoms with E-state index in [1.807, 2.05) is 0 Å². The van der Waals surface area contributed by atoms with Crippen LogP contribution >= 0.6 is 24.1 Å². The molecule has 3 N–H and O–H groups in total. The minimum Gasteiger partial charge on any atom is -0.496 e. The van der Waals surface area contributed by atoms with Gasteiger partial charge in [0.2, 0.25) is 5.41 Å². The quantitative estimate of drug-likeness (QED) is 0.0300. The van der Waals surface area contributed by atoms with Crippen molar-refractivity contribution in [3.8, 4) is 34.1 Å². The molecule has 72 heavy (non-hydrogen) atoms. The number of hydrogen-bond acceptors (Lipinski definition) is 14. The number of methoxy groups -OCH3 is 1. The van der Waals surface area contributed by atoms with Crippen molar-refractivity contribution in [2.45, 2.75) is 93.2 Å². The topological polar surface area (TPSA) is 169 Å². The maximum Gasteiger partial charge on any atom is 0.411 e. The number of hydrogen-bond donors (Lipinski definition) is 3. The number of ether oxygens (including phenoxy) is 4. The second-order valence-electron chi connectivity index (χ2n) is 15.2. The van der Waals surface area contributed by atoms with Crippen LogP contribution in [-0.2, 0) is 34.3 Å². The summed E-state index contributed by atoms with van der Waals surface area (Å²) < 4.78 is 331. The van der Waals surface area contributed by atoms with Crippen LogP contribution in [0.1, 0.15) is 23.6 Å². The van der Waals surface area contributed by atoms with Gasteiger partial charge in [0.15, 0.2) is 0 Å². The lowest BCUT2D eigenvalue weighted by Gasteiger charge is -2.55. The molecule has 0 spiro atoms. The van der Waals surface area contributed by atoms with Crippen LogP contribution < -0.4 is 18.9 Å². The normalized spacial score (nSPS) is 25.5. The Bertz CT molecular complexity index is 2820. The number of rotatable bonds is 17. The van der Waals surface area contributed by atoms with Crippen molar-refractivity contribution in [1.29, 1.82) is 0 Å². The zero-order valence-electron chi connectivity index (χ0n) is 34.9. The zero-order chi connectivity index (χ0) is 54.5. The summed E-state index contributed by atoms with van der Waals surface area (Å²) in [5, 5.41) is 23.8. The molecule has 4 aromatic rings. The van der Waals surface area contributed by atoms with Gasteiger partial charge in [0.1, 0.15) is 27.9 Å². The molecule has 4 atom stereocenters. The first kappa shape index (κ1) is 56.5. The van der Waals surface area contributed by atoms with Crippen molar-refractivity contribution < 1.29 is 140 Å². The highest BCUT2D eigenvalue weighted by molar-refractivity contribution is 7.95. The predicted molar refractivity (Wildman–Crippen MR) is 203 cm³/mol. The Morgan fingerprint density at radius 2 is 0.917 bits per heavy atom. The SMILES string of the molecule is COc1ccc(C(c2ccc(OC3(F)C(F)(F)C(F)(F)C3(F)Oc3ccc(-c4ccc(OC5(F)C(C)(F)C(F)(F)C5(F)F)c(SOOO)c4)cc3S(=O)(=O)O)c(SOOO)c2)(C(F)(F)F)C(F)(F)F)cc1C. The summed E-state index contributed by atoms with van der Waals surface area (Å²) in [4.78, 5) is -4.48. The van der Waals surface area contributed by atoms with E-state index < -0.39 is 141 Å². The van der Waals surface area contributed by atoms with Crippen molar-refractivity contribution in [3.63, 3.8) is 0 Å². The van der Waals surface area contributed by atoms with Gasteiger partial charge < -0.3 is 18.9 Å². The lowest BCUT2D eigenvalue weighted by molar-refractivity contribution is -0.527. The van der Waals surface area contributed by atoms with Gasteiger partial charge in [0.25, 0.3) is 15.8 Å². The lowest BCUT2D eigenvalue weighted by Crippen LogP contribution is -2.89. The van der Waals surface area contributed by atoms with Crippen molar-refractivity contribution >= 4 is 34.2 Å². The molecule has 2 aliphatic rings. The first-order valence-corrected chi connectivity index (χ1v) is 21.5. The summed E-state index contributed by atoms with van der Waals surface area (Å²) >= 11 is -1.09. The minimum atomic E-state index is -6.52. The molecule has 0 saturated heterocycles. The van der Waals surface area contributed by atoms with E-state index in [2.05, 4.69) is 33.0 Å². The largest absolute Gasteiger partial charge is 0.496 e. The molecule has 0 aromatic heterocycles. The second-order valence-corrected chi connectivity index (χ2v) is 18.1. The molecule has 0 aliphatic heterocycles. The van der Waals surface area contributed by atoms with E-state index in [1.54, 1.807) is 0 Å². The summed E-state index contributed by atoms with van der Waals surface area (Å²) in [5.41, 5.74) is -15.0. The van der Waals surface area contributed by atoms with E-state index in [0.717, 1.165) is 14.0 Å². The lowest BCUT2D eigenvalue weighted by atomic mass is 9.69. The van der Waals surface area contributed by atoms with Gasteiger partial charge in [0.05, 0.1) is 41.0 Å². The third-order valence-corrected chi connectivity index (χ3v) is 13.4. The predicted octanol–water partition coefficient (Wildman–Crippen LogP) is 12.3. The summed E-state index contributed by atoms with van der Waals surface area (Å²) in [7, 11) is -5.04. The van der Waals surface area contributed by atoms with Gasteiger partial charge in [-0.2, -0.15) is 83.1 Å². The molecule has 6 rings (SSSR count). The minimum absolute atomic E-state index is 0.0383. The van der Waals surface area contributed by atoms with E-state index in [0.29, 0.717) is 42.5 Å². The fourth-order valence-electron chi connectivity index (χ4n) is 7.45. The van der Waals surface area contributed by atoms with Crippen LogP contribution in [0.5, 0.6) is 23.0 Å². The van der Waals surface area contributed by atoms with Crippen molar-refractivity contribution in [1.82, 2.24) is 0 Å². The van der Waals surface area contributed by atoms with Crippen LogP contribution in [0, 0.1) is 6.92 Å². The number of aryl methyl sites for hydroxylation is 1. The van der Waals surface area contributed by atoms with Crippen molar-refractivity contribution in [3.05, 3.63) is 89.5 Å². The molecule has 398 valence electrons. The standard InChI is InChI=1S/C38H24F18O13S3/c1-16-12-19(6-10-21(16)62-3)29(37(51,52)53,38(54,55)56)20-7-11-23(26(15-20)71-69-67-58)64-35(49)32(44,45)33(46,47)36(35,50)65-24-9-5-18(14-27(24)72(59,60)61)17-4-8-22(25(13-17)70-68-66-57)63-34(48)28(2,39)30(40,41)31(34,42)43/h4-15,57-58H,1-3H3,(H,59,60,61). The Kier molecular flexibility index (Phi) is 14.1. The molecule has 13 nitrogen and oxygen atoms in total. The summed E-state index contributed by atoms with van der Waals surface area (Å²) in [5.74, 6) is -47.2. The molecule has 0 bridgehead atoms. The third-order valence-electron chi connectivity index (χ3n) is 11.2. The molecule has 4 unspecified atom stereocenters. The Morgan fingerprint density at radius 1 is 0.528 bits per heavy atom. The van der Waals surface area contributed by atoms with E-state index in [-0.39, 0.29) is 60.6 Å². The van der Waals surface area contributed by atoms with Crippen molar-refractivity contribution in [2.24, 2.45) is 0 Å². The Hall–Kier alpha value is -4.81. The fraction of sp³-hybridized carbons (Fsp3) is 0.368. The number of benzene rings is 4. The Morgan fingerprint density at radius 3 is 1.35 bits per heavy atom. The maximum atomic E-state index is 16.6. The highest BCUT2D eigenvalue weighted by atomic mass is 32.2. The monoisotopic (exact) mass is 1130 g/mol. The van der Waals surface area contributed by atoms with Gasteiger partial charge in [-0.05, 0) is 84.1 Å². The molecule has 4 aromatic carbocycles. The Balaban J connectivity index is 1.44. The van der Waals surface area contributed by atoms with Gasteiger partial charge in [-0.1, -0.05) is 40.4 Å². The molecule has 0 radical (unpaired) electrons. The van der Waals surface area contributed by atoms with Gasteiger partial charge in [-0.3, -0.25) is 4.55 Å². The van der Waals surface area contributed by atoms with Crippen LogP contribution in [0.3, 0.4) is 0 Å². The first-order valence-electron chi connectivity index (χ1n) is 18.6. The summed E-state index contributed by atoms with van der Waals surface area (Å²) in [6.07, 6.45) is -12.8. The van der Waals surface area contributed by atoms with E-state index in [1.165, 1.54) is 0 Å². The molecule has 2 saturated carbocycles. The smallest absolute Gasteiger partial charge is 0.411 e. The first-order chi connectivity index (χ1) is 32.8. The Labute approximate surface area is 397 Å². The van der Waals surface area contributed by atoms with Gasteiger partial charge in [0, 0.05) is 0 Å². The van der Waals surface area contributed by atoms with Crippen LogP contribution in [0.15, 0.2) is 87.5 Å². The van der Waals surface area contributed by atoms with Crippen LogP contribution in [0.2, 0.25) is 0 Å². The average molecular weight is 1130 g/mol. The molecule has 0 heterocycles. The molecule has 2 fully saturated rings. The third kappa shape index (κ3) is 7.92. The zero-order valence-corrected chi connectivity index (χ0v) is 37.3. The van der Waals surface area contributed by atoms with Gasteiger partial charge in [-0.15, -0.1) is 8.67 Å². The number of alkyl halides is 18. The van der Waals surface area contributed by atoms with Crippen molar-refractivity contribution in [2.75, 3.05) is 7.11 Å². The van der Waals surface area contributed by atoms with Crippen LogP contribution in [-0.4, -0.2) is 89.9 Å². The van der Waals surface area contributed by atoms with Gasteiger partial charge >= 0.3 is 53.6 Å². The van der Waals surface area contributed by atoms with E-state index in [4.69, 9.17) is 15.3 Å². The highest BCUT2D eigenvalue weighted by Crippen LogP contribution is 2.70. The summed E-state index contributed by atoms with van der Waals surface area (Å²) in [6, 6.07) is 2.83. The summed E-state index contributed by atoms with van der Waals surface area (Å²) in [6.45, 7) is 0.736. The highest BCUT2D eigenvalue weighted by Gasteiger charge is 3.03. The fourth-order valence-corrected chi connectivity index (χ4v) is 9.03. The maximum absolute atomic E-state index is 16.6. The molecular formula is C38H24F18O13S3. The molecule has 2 aliphatic carbocycles. The molecule has 34 heteroatoms. The molecular weight excluding hydrogens is 1100 g/mol.